The molecule has 0 unspecified atom stereocenters. The van der Waals surface area contributed by atoms with Crippen LogP contribution in [0.3, 0.4) is 0 Å². The highest BCUT2D eigenvalue weighted by molar-refractivity contribution is 6.32. The number of carbonyl (C=O) groups excluding carboxylic acids is 1. The number of hydrogen-bond acceptors (Lipinski definition) is 5. The maximum absolute atomic E-state index is 12.2. The van der Waals surface area contributed by atoms with E-state index in [1.165, 1.54) is 0 Å². The third-order valence-electron chi connectivity index (χ3n) is 4.20. The van der Waals surface area contributed by atoms with Crippen molar-refractivity contribution in [1.29, 1.82) is 0 Å². The fourth-order valence-electron chi connectivity index (χ4n) is 2.95. The Kier molecular flexibility index (Phi) is 5.93. The van der Waals surface area contributed by atoms with Crippen LogP contribution in [-0.4, -0.2) is 40.7 Å². The van der Waals surface area contributed by atoms with E-state index in [4.69, 9.17) is 16.3 Å². The van der Waals surface area contributed by atoms with Crippen LogP contribution < -0.4 is 4.90 Å². The average Bonchev–Trinajstić information content (AvgIpc) is 2.52. The molecule has 1 aliphatic rings. The first kappa shape index (κ1) is 19.5. The molecule has 2 rings (SSSR count). The normalized spacial score (nSPS) is 16.0. The summed E-state index contributed by atoms with van der Waals surface area (Å²) in [6.45, 7) is 8.79. The van der Waals surface area contributed by atoms with Gasteiger partial charge in [0.15, 0.2) is 0 Å². The molecule has 1 saturated heterocycles. The number of aromatic carboxylic acids is 1. The van der Waals surface area contributed by atoms with Crippen molar-refractivity contribution in [2.75, 3.05) is 18.0 Å². The van der Waals surface area contributed by atoms with Crippen LogP contribution in [0.5, 0.6) is 0 Å². The van der Waals surface area contributed by atoms with Gasteiger partial charge in [-0.3, -0.25) is 4.79 Å². The lowest BCUT2D eigenvalue weighted by atomic mass is 9.96. The van der Waals surface area contributed by atoms with E-state index in [9.17, 15) is 14.7 Å². The van der Waals surface area contributed by atoms with E-state index in [2.05, 4.69) is 4.98 Å². The number of carbonyl (C=O) groups is 2. The van der Waals surface area contributed by atoms with Crippen molar-refractivity contribution >= 4 is 29.4 Å². The van der Waals surface area contributed by atoms with Gasteiger partial charge in [-0.25, -0.2) is 9.78 Å². The molecule has 2 heterocycles. The van der Waals surface area contributed by atoms with Crippen molar-refractivity contribution < 1.29 is 19.4 Å². The molecule has 6 nitrogen and oxygen atoms in total. The number of carboxylic acids is 1. The van der Waals surface area contributed by atoms with E-state index in [1.54, 1.807) is 6.07 Å². The number of hydrogen-bond donors (Lipinski definition) is 1. The highest BCUT2D eigenvalue weighted by Gasteiger charge is 2.30. The summed E-state index contributed by atoms with van der Waals surface area (Å²) in [4.78, 5) is 29.8. The summed E-state index contributed by atoms with van der Waals surface area (Å²) in [6, 6.07) is 1.78. The molecule has 0 atom stereocenters. The number of halogens is 1. The predicted molar refractivity (Wildman–Crippen MR) is 96.4 cm³/mol. The Hall–Kier alpha value is -1.82. The summed E-state index contributed by atoms with van der Waals surface area (Å²) in [7, 11) is 0. The molecule has 7 heteroatoms. The lowest BCUT2D eigenvalue weighted by Crippen LogP contribution is -2.39. The van der Waals surface area contributed by atoms with E-state index in [0.717, 1.165) is 0 Å². The summed E-state index contributed by atoms with van der Waals surface area (Å²) in [5.41, 5.74) is 0.250. The Morgan fingerprint density at radius 1 is 1.36 bits per heavy atom. The number of ether oxygens (including phenoxy) is 1. The maximum Gasteiger partial charge on any atom is 0.339 e. The van der Waals surface area contributed by atoms with Gasteiger partial charge in [-0.2, -0.15) is 0 Å². The summed E-state index contributed by atoms with van der Waals surface area (Å²) in [5, 5.41) is 9.29. The highest BCUT2D eigenvalue weighted by Crippen LogP contribution is 2.28. The van der Waals surface area contributed by atoms with Crippen LogP contribution in [0.15, 0.2) is 6.07 Å². The molecular formula is C18H25ClN2O4. The molecule has 1 aromatic heterocycles. The first-order chi connectivity index (χ1) is 11.6. The number of nitrogens with zero attached hydrogens (tertiary/aromatic N) is 2. The summed E-state index contributed by atoms with van der Waals surface area (Å²) in [6.07, 6.45) is 1.91. The molecule has 25 heavy (non-hydrogen) atoms. The SMILES string of the molecule is CCc1cc(N2CCC(C(=O)OC(C)(C)C)CC2)nc(Cl)c1C(=O)O. The van der Waals surface area contributed by atoms with E-state index < -0.39 is 11.6 Å². The molecule has 138 valence electrons. The van der Waals surface area contributed by atoms with Gasteiger partial charge in [-0.15, -0.1) is 0 Å². The van der Waals surface area contributed by atoms with Gasteiger partial charge >= 0.3 is 11.9 Å². The number of rotatable bonds is 4. The third kappa shape index (κ3) is 4.84. The summed E-state index contributed by atoms with van der Waals surface area (Å²) < 4.78 is 5.46. The monoisotopic (exact) mass is 368 g/mol. The quantitative estimate of drug-likeness (QED) is 0.646. The van der Waals surface area contributed by atoms with Gasteiger partial charge in [-0.05, 0) is 51.7 Å². The Bertz CT molecular complexity index is 662. The van der Waals surface area contributed by atoms with Crippen LogP contribution in [0.2, 0.25) is 5.15 Å². The van der Waals surface area contributed by atoms with Crippen LogP contribution in [0.1, 0.15) is 56.5 Å². The zero-order chi connectivity index (χ0) is 18.8. The smallest absolute Gasteiger partial charge is 0.339 e. The van der Waals surface area contributed by atoms with Crippen LogP contribution >= 0.6 is 11.6 Å². The van der Waals surface area contributed by atoms with Gasteiger partial charge in [0, 0.05) is 13.1 Å². The lowest BCUT2D eigenvalue weighted by molar-refractivity contribution is -0.160. The van der Waals surface area contributed by atoms with Crippen molar-refractivity contribution in [2.24, 2.45) is 5.92 Å². The molecule has 1 fully saturated rings. The third-order valence-corrected chi connectivity index (χ3v) is 4.47. The standard InChI is InChI=1S/C18H25ClN2O4/c1-5-11-10-13(20-15(19)14(11)16(22)23)21-8-6-12(7-9-21)17(24)25-18(2,3)4/h10,12H,5-9H2,1-4H3,(H,22,23). The van der Waals surface area contributed by atoms with Crippen molar-refractivity contribution in [2.45, 2.75) is 52.6 Å². The van der Waals surface area contributed by atoms with Crippen molar-refractivity contribution in [3.05, 3.63) is 22.3 Å². The second kappa shape index (κ2) is 7.60. The van der Waals surface area contributed by atoms with Crippen LogP contribution in [-0.2, 0) is 16.0 Å². The fraction of sp³-hybridized carbons (Fsp3) is 0.611. The molecule has 0 aliphatic carbocycles. The van der Waals surface area contributed by atoms with Crippen molar-refractivity contribution in [3.63, 3.8) is 0 Å². The Morgan fingerprint density at radius 2 is 1.96 bits per heavy atom. The van der Waals surface area contributed by atoms with Gasteiger partial charge in [0.2, 0.25) is 0 Å². The first-order valence-corrected chi connectivity index (χ1v) is 8.90. The van der Waals surface area contributed by atoms with Crippen LogP contribution in [0, 0.1) is 5.92 Å². The van der Waals surface area contributed by atoms with E-state index in [0.29, 0.717) is 43.7 Å². The minimum absolute atomic E-state index is 0.0103. The summed E-state index contributed by atoms with van der Waals surface area (Å²) in [5.74, 6) is -0.678. The minimum atomic E-state index is -1.07. The molecule has 0 aromatic carbocycles. The Balaban J connectivity index is 2.09. The van der Waals surface area contributed by atoms with E-state index in [-0.39, 0.29) is 22.6 Å². The second-order valence-corrected chi connectivity index (χ2v) is 7.62. The highest BCUT2D eigenvalue weighted by atomic mass is 35.5. The Labute approximate surface area is 153 Å². The molecular weight excluding hydrogens is 344 g/mol. The number of anilines is 1. The largest absolute Gasteiger partial charge is 0.478 e. The molecule has 0 radical (unpaired) electrons. The molecule has 1 aromatic rings. The Morgan fingerprint density at radius 3 is 2.44 bits per heavy atom. The zero-order valence-corrected chi connectivity index (χ0v) is 15.9. The van der Waals surface area contributed by atoms with Gasteiger partial charge in [0.1, 0.15) is 22.1 Å². The van der Waals surface area contributed by atoms with Crippen LogP contribution in [0.4, 0.5) is 5.82 Å². The molecule has 0 saturated carbocycles. The second-order valence-electron chi connectivity index (χ2n) is 7.26. The van der Waals surface area contributed by atoms with Crippen molar-refractivity contribution in [3.8, 4) is 0 Å². The van der Waals surface area contributed by atoms with Gasteiger partial charge in [0.05, 0.1) is 5.92 Å². The number of esters is 1. The topological polar surface area (TPSA) is 79.7 Å². The van der Waals surface area contributed by atoms with Gasteiger partial charge < -0.3 is 14.7 Å². The molecule has 0 amide bonds. The van der Waals surface area contributed by atoms with Crippen molar-refractivity contribution in [1.82, 2.24) is 4.98 Å². The molecule has 0 bridgehead atoms. The number of piperidine rings is 1. The molecule has 0 spiro atoms. The first-order valence-electron chi connectivity index (χ1n) is 8.53. The minimum Gasteiger partial charge on any atom is -0.478 e. The number of pyridine rings is 1. The predicted octanol–water partition coefficient (Wildman–Crippen LogP) is 3.55. The van der Waals surface area contributed by atoms with Crippen LogP contribution in [0.25, 0.3) is 0 Å². The molecule has 1 aliphatic heterocycles. The van der Waals surface area contributed by atoms with Gasteiger partial charge in [0.25, 0.3) is 0 Å². The average molecular weight is 369 g/mol. The number of carboxylic acid groups (broad SMARTS) is 1. The zero-order valence-electron chi connectivity index (χ0n) is 15.1. The number of aromatic nitrogens is 1. The van der Waals surface area contributed by atoms with E-state index >= 15 is 0 Å². The van der Waals surface area contributed by atoms with E-state index in [1.807, 2.05) is 32.6 Å². The molecule has 1 N–H and O–H groups in total. The fourth-order valence-corrected chi connectivity index (χ4v) is 3.23. The number of aryl methyl sites for hydroxylation is 1. The lowest BCUT2D eigenvalue weighted by Gasteiger charge is -2.33. The maximum atomic E-state index is 12.2. The summed E-state index contributed by atoms with van der Waals surface area (Å²) >= 11 is 6.09. The van der Waals surface area contributed by atoms with Gasteiger partial charge in [-0.1, -0.05) is 18.5 Å².